The number of hydrogen-bond donors (Lipinski definition) is 1. The van der Waals surface area contributed by atoms with E-state index in [-0.39, 0.29) is 6.04 Å². The Morgan fingerprint density at radius 2 is 2.07 bits per heavy atom. The first kappa shape index (κ1) is 11.5. The molecule has 1 atom stereocenters. The Kier molecular flexibility index (Phi) is 4.64. The second kappa shape index (κ2) is 6.04. The van der Waals surface area contributed by atoms with E-state index in [4.69, 9.17) is 10.5 Å². The smallest absolute Gasteiger partial charge is 0.119 e. The third kappa shape index (κ3) is 4.47. The molecular weight excluding hydrogens is 186 g/mol. The van der Waals surface area contributed by atoms with Gasteiger partial charge in [-0.15, -0.1) is 0 Å². The summed E-state index contributed by atoms with van der Waals surface area (Å²) in [5, 5.41) is 0. The fourth-order valence-corrected chi connectivity index (χ4v) is 1.09. The summed E-state index contributed by atoms with van der Waals surface area (Å²) in [4.78, 5) is 0. The lowest BCUT2D eigenvalue weighted by molar-refractivity contribution is 0.363. The molecule has 0 saturated carbocycles. The van der Waals surface area contributed by atoms with Crippen molar-refractivity contribution in [2.45, 2.75) is 13.0 Å². The van der Waals surface area contributed by atoms with Crippen LogP contribution in [0.3, 0.4) is 0 Å². The van der Waals surface area contributed by atoms with Gasteiger partial charge in [0, 0.05) is 6.04 Å². The van der Waals surface area contributed by atoms with Gasteiger partial charge in [-0.05, 0) is 24.6 Å². The minimum absolute atomic E-state index is 0.0849. The van der Waals surface area contributed by atoms with Crippen LogP contribution in [-0.4, -0.2) is 12.6 Å². The van der Waals surface area contributed by atoms with Crippen molar-refractivity contribution < 1.29 is 4.74 Å². The van der Waals surface area contributed by atoms with E-state index >= 15 is 0 Å². The van der Waals surface area contributed by atoms with Crippen molar-refractivity contribution in [3.63, 3.8) is 0 Å². The second-order valence-corrected chi connectivity index (χ2v) is 3.39. The largest absolute Gasteiger partial charge is 0.490 e. The van der Waals surface area contributed by atoms with Crippen molar-refractivity contribution in [1.82, 2.24) is 0 Å². The van der Waals surface area contributed by atoms with E-state index in [1.165, 1.54) is 0 Å². The first-order valence-corrected chi connectivity index (χ1v) is 5.00. The second-order valence-electron chi connectivity index (χ2n) is 3.39. The Balaban J connectivity index is 2.59. The van der Waals surface area contributed by atoms with Gasteiger partial charge in [-0.25, -0.2) is 0 Å². The molecule has 0 aliphatic carbocycles. The summed E-state index contributed by atoms with van der Waals surface area (Å²) < 4.78 is 5.37. The van der Waals surface area contributed by atoms with Crippen molar-refractivity contribution in [3.8, 4) is 5.75 Å². The number of benzene rings is 1. The minimum atomic E-state index is 0.0849. The van der Waals surface area contributed by atoms with Crippen molar-refractivity contribution in [3.05, 3.63) is 48.6 Å². The lowest BCUT2D eigenvalue weighted by atomic mass is 10.2. The van der Waals surface area contributed by atoms with Gasteiger partial charge >= 0.3 is 0 Å². The first-order valence-electron chi connectivity index (χ1n) is 5.00. The Morgan fingerprint density at radius 1 is 1.40 bits per heavy atom. The molecule has 0 spiro atoms. The molecule has 0 saturated heterocycles. The van der Waals surface area contributed by atoms with Gasteiger partial charge in [0.05, 0.1) is 0 Å². The molecule has 2 nitrogen and oxygen atoms in total. The lowest BCUT2D eigenvalue weighted by Gasteiger charge is -2.03. The van der Waals surface area contributed by atoms with Crippen molar-refractivity contribution in [2.75, 3.05) is 6.61 Å². The van der Waals surface area contributed by atoms with Crippen LogP contribution in [0.1, 0.15) is 12.5 Å². The van der Waals surface area contributed by atoms with Gasteiger partial charge in [-0.2, -0.15) is 0 Å². The maximum atomic E-state index is 5.61. The van der Waals surface area contributed by atoms with Crippen LogP contribution in [0.15, 0.2) is 43.0 Å². The monoisotopic (exact) mass is 203 g/mol. The molecule has 15 heavy (non-hydrogen) atoms. The van der Waals surface area contributed by atoms with E-state index in [0.717, 1.165) is 11.3 Å². The summed E-state index contributed by atoms with van der Waals surface area (Å²) in [5.41, 5.74) is 6.74. The standard InChI is InChI=1S/C13H17NO/c1-3-10-15-13-8-6-12(7-9-13)5-4-11(2)14/h3-9,11H,1,10,14H2,2H3/b5-4+. The van der Waals surface area contributed by atoms with Gasteiger partial charge in [-0.1, -0.05) is 36.9 Å². The van der Waals surface area contributed by atoms with Gasteiger partial charge in [-0.3, -0.25) is 0 Å². The highest BCUT2D eigenvalue weighted by Gasteiger charge is 1.92. The van der Waals surface area contributed by atoms with E-state index in [9.17, 15) is 0 Å². The van der Waals surface area contributed by atoms with E-state index in [1.54, 1.807) is 6.08 Å². The molecule has 0 radical (unpaired) electrons. The van der Waals surface area contributed by atoms with Crippen LogP contribution in [0.5, 0.6) is 5.75 Å². The van der Waals surface area contributed by atoms with Gasteiger partial charge in [0.15, 0.2) is 0 Å². The summed E-state index contributed by atoms with van der Waals surface area (Å²) in [7, 11) is 0. The zero-order valence-electron chi connectivity index (χ0n) is 9.02. The molecule has 0 aromatic heterocycles. The molecule has 2 N–H and O–H groups in total. The highest BCUT2D eigenvalue weighted by Crippen LogP contribution is 2.13. The van der Waals surface area contributed by atoms with Crippen LogP contribution in [0.4, 0.5) is 0 Å². The average molecular weight is 203 g/mol. The summed E-state index contributed by atoms with van der Waals surface area (Å²) >= 11 is 0. The molecule has 2 heteroatoms. The SMILES string of the molecule is C=CCOc1ccc(/C=C/C(C)N)cc1. The zero-order chi connectivity index (χ0) is 11.1. The van der Waals surface area contributed by atoms with Gasteiger partial charge < -0.3 is 10.5 Å². The topological polar surface area (TPSA) is 35.2 Å². The Labute approximate surface area is 91.1 Å². The molecule has 80 valence electrons. The highest BCUT2D eigenvalue weighted by molar-refractivity contribution is 5.51. The van der Waals surface area contributed by atoms with Crippen molar-refractivity contribution in [1.29, 1.82) is 0 Å². The molecule has 0 fully saturated rings. The third-order valence-electron chi connectivity index (χ3n) is 1.84. The number of hydrogen-bond acceptors (Lipinski definition) is 2. The molecule has 0 aliphatic rings. The highest BCUT2D eigenvalue weighted by atomic mass is 16.5. The van der Waals surface area contributed by atoms with E-state index in [2.05, 4.69) is 6.58 Å². The summed E-state index contributed by atoms with van der Waals surface area (Å²) in [6.07, 6.45) is 5.69. The third-order valence-corrected chi connectivity index (χ3v) is 1.84. The molecule has 1 unspecified atom stereocenters. The van der Waals surface area contributed by atoms with E-state index in [0.29, 0.717) is 6.61 Å². The maximum absolute atomic E-state index is 5.61. The Bertz CT molecular complexity index is 325. The molecule has 1 aromatic rings. The van der Waals surface area contributed by atoms with Crippen LogP contribution >= 0.6 is 0 Å². The predicted molar refractivity (Wildman–Crippen MR) is 64.8 cm³/mol. The Morgan fingerprint density at radius 3 is 2.60 bits per heavy atom. The van der Waals surface area contributed by atoms with Gasteiger partial charge in [0.25, 0.3) is 0 Å². The van der Waals surface area contributed by atoms with Crippen molar-refractivity contribution in [2.24, 2.45) is 5.73 Å². The fourth-order valence-electron chi connectivity index (χ4n) is 1.09. The molecule has 1 aromatic carbocycles. The van der Waals surface area contributed by atoms with Crippen LogP contribution in [0, 0.1) is 0 Å². The van der Waals surface area contributed by atoms with Crippen LogP contribution in [0.2, 0.25) is 0 Å². The van der Waals surface area contributed by atoms with E-state index in [1.807, 2.05) is 43.3 Å². The van der Waals surface area contributed by atoms with Crippen molar-refractivity contribution >= 4 is 6.08 Å². The molecule has 1 rings (SSSR count). The van der Waals surface area contributed by atoms with Gasteiger partial charge in [0.1, 0.15) is 12.4 Å². The molecular formula is C13H17NO. The molecule has 0 bridgehead atoms. The summed E-state index contributed by atoms with van der Waals surface area (Å²) in [6.45, 7) is 6.07. The van der Waals surface area contributed by atoms with Crippen LogP contribution < -0.4 is 10.5 Å². The molecule has 0 heterocycles. The predicted octanol–water partition coefficient (Wildman–Crippen LogP) is 2.61. The minimum Gasteiger partial charge on any atom is -0.490 e. The normalized spacial score (nSPS) is 12.7. The number of ether oxygens (including phenoxy) is 1. The van der Waals surface area contributed by atoms with Crippen LogP contribution in [-0.2, 0) is 0 Å². The van der Waals surface area contributed by atoms with Crippen LogP contribution in [0.25, 0.3) is 6.08 Å². The Hall–Kier alpha value is -1.54. The zero-order valence-corrected chi connectivity index (χ0v) is 9.02. The molecule has 0 amide bonds. The number of nitrogens with two attached hydrogens (primary N) is 1. The summed E-state index contributed by atoms with van der Waals surface area (Å²) in [5.74, 6) is 0.854. The average Bonchev–Trinajstić information content (AvgIpc) is 2.25. The fraction of sp³-hybridized carbons (Fsp3) is 0.231. The van der Waals surface area contributed by atoms with Gasteiger partial charge in [0.2, 0.25) is 0 Å². The lowest BCUT2D eigenvalue weighted by Crippen LogP contribution is -2.09. The molecule has 0 aliphatic heterocycles. The quantitative estimate of drug-likeness (QED) is 0.746. The maximum Gasteiger partial charge on any atom is 0.119 e. The number of rotatable bonds is 5. The van der Waals surface area contributed by atoms with E-state index < -0.39 is 0 Å². The first-order chi connectivity index (χ1) is 7.22. The summed E-state index contributed by atoms with van der Waals surface area (Å²) in [6, 6.07) is 7.95.